The molecule has 1 N–H and O–H groups in total. The number of urea groups is 1. The summed E-state index contributed by atoms with van der Waals surface area (Å²) in [6, 6.07) is 13.5. The first-order chi connectivity index (χ1) is 14.6. The molecule has 2 aromatic heterocycles. The van der Waals surface area contributed by atoms with Gasteiger partial charge in [-0.2, -0.15) is 5.10 Å². The number of hydrogen-bond donors (Lipinski definition) is 1. The maximum atomic E-state index is 13.1. The number of furan rings is 1. The molecule has 0 saturated carbocycles. The molecule has 0 radical (unpaired) electrons. The minimum Gasteiger partial charge on any atom is -0.467 e. The Morgan fingerprint density at radius 1 is 1.27 bits per heavy atom. The van der Waals surface area contributed by atoms with Crippen LogP contribution in [0.2, 0.25) is 0 Å². The Morgan fingerprint density at radius 3 is 2.87 bits per heavy atom. The average molecular weight is 409 g/mol. The molecule has 0 bridgehead atoms. The standard InChI is InChI=1S/C23H28N4O3/c1-17-12-18(2)27(25-17)14-19-6-3-7-20(13-19)24-23(28)26(15-21-8-4-10-29-21)16-22-9-5-11-30-22/h3-4,6-8,10,12-13,22H,5,9,11,14-16H2,1-2H3,(H,24,28). The van der Waals surface area contributed by atoms with Crippen LogP contribution in [-0.2, 0) is 17.8 Å². The summed E-state index contributed by atoms with van der Waals surface area (Å²) < 4.78 is 13.2. The first kappa shape index (κ1) is 20.2. The van der Waals surface area contributed by atoms with Crippen molar-refractivity contribution in [3.8, 4) is 0 Å². The molecule has 158 valence electrons. The number of anilines is 1. The fourth-order valence-corrected chi connectivity index (χ4v) is 3.80. The Bertz CT molecular complexity index is 974. The van der Waals surface area contributed by atoms with E-state index < -0.39 is 0 Å². The number of nitrogens with zero attached hydrogens (tertiary/aromatic N) is 3. The van der Waals surface area contributed by atoms with Crippen LogP contribution >= 0.6 is 0 Å². The van der Waals surface area contributed by atoms with Crippen molar-refractivity contribution in [3.05, 3.63) is 71.4 Å². The molecule has 7 nitrogen and oxygen atoms in total. The Kier molecular flexibility index (Phi) is 6.18. The molecule has 2 amide bonds. The second kappa shape index (κ2) is 9.17. The molecule has 1 saturated heterocycles. The van der Waals surface area contributed by atoms with Crippen LogP contribution in [0.15, 0.2) is 53.1 Å². The fraction of sp³-hybridized carbons (Fsp3) is 0.391. The van der Waals surface area contributed by atoms with Crippen LogP contribution in [0.25, 0.3) is 0 Å². The summed E-state index contributed by atoms with van der Waals surface area (Å²) >= 11 is 0. The lowest BCUT2D eigenvalue weighted by atomic mass is 10.2. The number of rotatable bonds is 7. The molecule has 4 rings (SSSR count). The zero-order valence-electron chi connectivity index (χ0n) is 17.5. The summed E-state index contributed by atoms with van der Waals surface area (Å²) in [5.74, 6) is 0.751. The van der Waals surface area contributed by atoms with Gasteiger partial charge in [-0.3, -0.25) is 4.68 Å². The van der Waals surface area contributed by atoms with Gasteiger partial charge in [-0.1, -0.05) is 12.1 Å². The second-order valence-electron chi connectivity index (χ2n) is 7.81. The number of carbonyl (C=O) groups excluding carboxylic acids is 1. The molecule has 7 heteroatoms. The van der Waals surface area contributed by atoms with Gasteiger partial charge in [0, 0.05) is 24.5 Å². The van der Waals surface area contributed by atoms with Gasteiger partial charge >= 0.3 is 6.03 Å². The van der Waals surface area contributed by atoms with E-state index in [2.05, 4.69) is 16.5 Å². The molecule has 1 unspecified atom stereocenters. The van der Waals surface area contributed by atoms with Crippen LogP contribution in [0.5, 0.6) is 0 Å². The van der Waals surface area contributed by atoms with Crippen molar-refractivity contribution in [2.24, 2.45) is 0 Å². The third kappa shape index (κ3) is 5.10. The molecular formula is C23H28N4O3. The van der Waals surface area contributed by atoms with Gasteiger partial charge < -0.3 is 19.4 Å². The minimum absolute atomic E-state index is 0.0723. The highest BCUT2D eigenvalue weighted by molar-refractivity contribution is 5.89. The predicted octanol–water partition coefficient (Wildman–Crippen LogP) is 4.35. The molecule has 1 aliphatic heterocycles. The number of nitrogens with one attached hydrogen (secondary N) is 1. The highest BCUT2D eigenvalue weighted by Gasteiger charge is 2.23. The van der Waals surface area contributed by atoms with Crippen LogP contribution in [0.3, 0.4) is 0 Å². The van der Waals surface area contributed by atoms with Gasteiger partial charge in [-0.25, -0.2) is 4.79 Å². The van der Waals surface area contributed by atoms with Crippen molar-refractivity contribution in [2.45, 2.75) is 45.9 Å². The summed E-state index contributed by atoms with van der Waals surface area (Å²) in [5.41, 5.74) is 3.95. The number of amides is 2. The van der Waals surface area contributed by atoms with E-state index in [0.29, 0.717) is 19.6 Å². The molecular weight excluding hydrogens is 380 g/mol. The number of ether oxygens (including phenoxy) is 1. The van der Waals surface area contributed by atoms with E-state index in [9.17, 15) is 4.79 Å². The van der Waals surface area contributed by atoms with Crippen LogP contribution < -0.4 is 5.32 Å². The number of benzene rings is 1. The molecule has 1 atom stereocenters. The Balaban J connectivity index is 1.45. The average Bonchev–Trinajstić information content (AvgIpc) is 3.46. The van der Waals surface area contributed by atoms with E-state index in [1.54, 1.807) is 11.2 Å². The van der Waals surface area contributed by atoms with Gasteiger partial charge in [0.25, 0.3) is 0 Å². The van der Waals surface area contributed by atoms with Crippen LogP contribution in [0.1, 0.15) is 35.6 Å². The first-order valence-electron chi connectivity index (χ1n) is 10.4. The van der Waals surface area contributed by atoms with E-state index in [1.807, 2.05) is 54.9 Å². The van der Waals surface area contributed by atoms with Crippen molar-refractivity contribution in [1.29, 1.82) is 0 Å². The summed E-state index contributed by atoms with van der Waals surface area (Å²) in [6.07, 6.45) is 3.71. The second-order valence-corrected chi connectivity index (χ2v) is 7.81. The van der Waals surface area contributed by atoms with E-state index in [1.165, 1.54) is 0 Å². The highest BCUT2D eigenvalue weighted by atomic mass is 16.5. The number of hydrogen-bond acceptors (Lipinski definition) is 4. The molecule has 0 aliphatic carbocycles. The molecule has 1 aliphatic rings. The third-order valence-corrected chi connectivity index (χ3v) is 5.28. The topological polar surface area (TPSA) is 72.5 Å². The maximum absolute atomic E-state index is 13.1. The smallest absolute Gasteiger partial charge is 0.322 e. The molecule has 1 fully saturated rings. The molecule has 1 aromatic carbocycles. The van der Waals surface area contributed by atoms with Crippen molar-refractivity contribution in [1.82, 2.24) is 14.7 Å². The van der Waals surface area contributed by atoms with Gasteiger partial charge in [0.1, 0.15) is 5.76 Å². The Morgan fingerprint density at radius 2 is 2.17 bits per heavy atom. The predicted molar refractivity (Wildman–Crippen MR) is 114 cm³/mol. The summed E-state index contributed by atoms with van der Waals surface area (Å²) in [5, 5.41) is 7.55. The normalized spacial score (nSPS) is 16.0. The lowest BCUT2D eigenvalue weighted by molar-refractivity contribution is 0.0803. The Labute approximate surface area is 176 Å². The van der Waals surface area contributed by atoms with Crippen molar-refractivity contribution < 1.29 is 13.9 Å². The van der Waals surface area contributed by atoms with E-state index in [0.717, 1.165) is 47.8 Å². The number of aromatic nitrogens is 2. The molecule has 0 spiro atoms. The summed E-state index contributed by atoms with van der Waals surface area (Å²) in [6.45, 7) is 6.40. The Hall–Kier alpha value is -3.06. The third-order valence-electron chi connectivity index (χ3n) is 5.28. The zero-order chi connectivity index (χ0) is 20.9. The number of aryl methyl sites for hydroxylation is 2. The van der Waals surface area contributed by atoms with E-state index in [-0.39, 0.29) is 12.1 Å². The summed E-state index contributed by atoms with van der Waals surface area (Å²) in [7, 11) is 0. The zero-order valence-corrected chi connectivity index (χ0v) is 17.5. The molecule has 3 aromatic rings. The number of carbonyl (C=O) groups is 1. The maximum Gasteiger partial charge on any atom is 0.322 e. The van der Waals surface area contributed by atoms with Crippen LogP contribution in [0, 0.1) is 13.8 Å². The molecule has 3 heterocycles. The SMILES string of the molecule is Cc1cc(C)n(Cc2cccc(NC(=O)N(Cc3ccco3)CC3CCCO3)c2)n1. The van der Waals surface area contributed by atoms with Gasteiger partial charge in [-0.15, -0.1) is 0 Å². The highest BCUT2D eigenvalue weighted by Crippen LogP contribution is 2.18. The van der Waals surface area contributed by atoms with Gasteiger partial charge in [0.15, 0.2) is 0 Å². The first-order valence-corrected chi connectivity index (χ1v) is 10.4. The monoisotopic (exact) mass is 408 g/mol. The van der Waals surface area contributed by atoms with Gasteiger partial charge in [0.05, 0.1) is 31.2 Å². The quantitative estimate of drug-likeness (QED) is 0.631. The molecule has 30 heavy (non-hydrogen) atoms. The lowest BCUT2D eigenvalue weighted by Gasteiger charge is -2.25. The fourth-order valence-electron chi connectivity index (χ4n) is 3.80. The van der Waals surface area contributed by atoms with Crippen LogP contribution in [0.4, 0.5) is 10.5 Å². The van der Waals surface area contributed by atoms with Gasteiger partial charge in [-0.05, 0) is 62.6 Å². The van der Waals surface area contributed by atoms with Gasteiger partial charge in [0.2, 0.25) is 0 Å². The van der Waals surface area contributed by atoms with E-state index in [4.69, 9.17) is 9.15 Å². The van der Waals surface area contributed by atoms with Crippen molar-refractivity contribution in [3.63, 3.8) is 0 Å². The largest absolute Gasteiger partial charge is 0.467 e. The minimum atomic E-state index is -0.162. The van der Waals surface area contributed by atoms with E-state index >= 15 is 0 Å². The van der Waals surface area contributed by atoms with Crippen molar-refractivity contribution in [2.75, 3.05) is 18.5 Å². The lowest BCUT2D eigenvalue weighted by Crippen LogP contribution is -2.39. The summed E-state index contributed by atoms with van der Waals surface area (Å²) in [4.78, 5) is 14.8. The van der Waals surface area contributed by atoms with Crippen LogP contribution in [-0.4, -0.2) is 40.0 Å². The van der Waals surface area contributed by atoms with Crippen molar-refractivity contribution >= 4 is 11.7 Å².